The number of ether oxygens (including phenoxy) is 1. The van der Waals surface area contributed by atoms with Gasteiger partial charge in [0, 0.05) is 24.6 Å². The van der Waals surface area contributed by atoms with Crippen LogP contribution in [0.2, 0.25) is 0 Å². The fourth-order valence-corrected chi connectivity index (χ4v) is 1.50. The number of hydrogen-bond acceptors (Lipinski definition) is 3. The fraction of sp³-hybridized carbons (Fsp3) is 0.462. The van der Waals surface area contributed by atoms with Gasteiger partial charge in [-0.1, -0.05) is 25.1 Å². The lowest BCUT2D eigenvalue weighted by atomic mass is 10.1. The molecule has 4 nitrogen and oxygen atoms in total. The maximum atomic E-state index is 11.6. The van der Waals surface area contributed by atoms with E-state index in [0.717, 1.165) is 17.7 Å². The van der Waals surface area contributed by atoms with Crippen LogP contribution in [0.15, 0.2) is 24.3 Å². The number of para-hydroxylation sites is 1. The third-order valence-corrected chi connectivity index (χ3v) is 2.64. The molecule has 0 radical (unpaired) electrons. The zero-order valence-electron chi connectivity index (χ0n) is 10.4. The molecule has 0 aromatic heterocycles. The van der Waals surface area contributed by atoms with Crippen molar-refractivity contribution in [1.82, 2.24) is 5.32 Å². The lowest BCUT2D eigenvalue weighted by Gasteiger charge is -2.11. The highest BCUT2D eigenvalue weighted by Gasteiger charge is 2.08. The summed E-state index contributed by atoms with van der Waals surface area (Å²) < 4.78 is 5.20. The molecule has 0 bridgehead atoms. The maximum Gasteiger partial charge on any atom is 0.221 e. The summed E-state index contributed by atoms with van der Waals surface area (Å²) in [6.45, 7) is 2.44. The van der Waals surface area contributed by atoms with Gasteiger partial charge in [-0.3, -0.25) is 4.79 Å². The molecule has 0 aliphatic heterocycles. The van der Waals surface area contributed by atoms with E-state index in [9.17, 15) is 4.79 Å². The zero-order chi connectivity index (χ0) is 12.7. The Balaban J connectivity index is 2.47. The van der Waals surface area contributed by atoms with Crippen molar-refractivity contribution in [1.29, 1.82) is 0 Å². The minimum atomic E-state index is -0.0623. The average molecular weight is 236 g/mol. The van der Waals surface area contributed by atoms with Gasteiger partial charge in [0.25, 0.3) is 0 Å². The number of amides is 1. The predicted molar refractivity (Wildman–Crippen MR) is 67.7 cm³/mol. The standard InChI is InChI=1S/C13H20N2O2/c1-3-11(14)8-13(16)15-9-10-6-4-5-7-12(10)17-2/h4-7,11H,3,8-9,14H2,1-2H3,(H,15,16). The Hall–Kier alpha value is -1.55. The minimum absolute atomic E-state index is 0.0229. The van der Waals surface area contributed by atoms with E-state index < -0.39 is 0 Å². The molecule has 1 unspecified atom stereocenters. The first-order valence-corrected chi connectivity index (χ1v) is 5.81. The molecule has 1 atom stereocenters. The summed E-state index contributed by atoms with van der Waals surface area (Å²) in [5.74, 6) is 0.762. The molecule has 0 saturated heterocycles. The molecule has 94 valence electrons. The number of rotatable bonds is 6. The van der Waals surface area contributed by atoms with Crippen LogP contribution >= 0.6 is 0 Å². The smallest absolute Gasteiger partial charge is 0.221 e. The van der Waals surface area contributed by atoms with E-state index in [1.54, 1.807) is 7.11 Å². The van der Waals surface area contributed by atoms with Crippen molar-refractivity contribution in [2.24, 2.45) is 5.73 Å². The van der Waals surface area contributed by atoms with Crippen molar-refractivity contribution in [2.45, 2.75) is 32.4 Å². The van der Waals surface area contributed by atoms with Crippen LogP contribution in [0, 0.1) is 0 Å². The third-order valence-electron chi connectivity index (χ3n) is 2.64. The highest BCUT2D eigenvalue weighted by atomic mass is 16.5. The molecule has 0 aliphatic rings. The van der Waals surface area contributed by atoms with Crippen molar-refractivity contribution < 1.29 is 9.53 Å². The van der Waals surface area contributed by atoms with Crippen LogP contribution in [0.25, 0.3) is 0 Å². The molecular weight excluding hydrogens is 216 g/mol. The maximum absolute atomic E-state index is 11.6. The van der Waals surface area contributed by atoms with E-state index in [0.29, 0.717) is 13.0 Å². The molecule has 17 heavy (non-hydrogen) atoms. The van der Waals surface area contributed by atoms with E-state index in [1.165, 1.54) is 0 Å². The third kappa shape index (κ3) is 4.44. The number of carbonyl (C=O) groups excluding carboxylic acids is 1. The van der Waals surface area contributed by atoms with Gasteiger partial charge in [-0.2, -0.15) is 0 Å². The Bertz CT molecular complexity index is 366. The molecule has 0 spiro atoms. The Morgan fingerprint density at radius 1 is 1.47 bits per heavy atom. The summed E-state index contributed by atoms with van der Waals surface area (Å²) >= 11 is 0. The second-order valence-electron chi connectivity index (χ2n) is 3.96. The van der Waals surface area contributed by atoms with Gasteiger partial charge >= 0.3 is 0 Å². The van der Waals surface area contributed by atoms with Crippen molar-refractivity contribution in [3.63, 3.8) is 0 Å². The number of nitrogens with two attached hydrogens (primary N) is 1. The van der Waals surface area contributed by atoms with Crippen LogP contribution in [0.4, 0.5) is 0 Å². The number of benzene rings is 1. The first kappa shape index (κ1) is 13.5. The molecule has 1 rings (SSSR count). The van der Waals surface area contributed by atoms with E-state index in [2.05, 4.69) is 5.32 Å². The summed E-state index contributed by atoms with van der Waals surface area (Å²) in [7, 11) is 1.62. The normalized spacial score (nSPS) is 11.9. The Morgan fingerprint density at radius 2 is 2.18 bits per heavy atom. The van der Waals surface area contributed by atoms with Crippen LogP contribution in [-0.2, 0) is 11.3 Å². The lowest BCUT2D eigenvalue weighted by molar-refractivity contribution is -0.121. The summed E-state index contributed by atoms with van der Waals surface area (Å²) in [6, 6.07) is 7.56. The number of hydrogen-bond donors (Lipinski definition) is 2. The van der Waals surface area contributed by atoms with Gasteiger partial charge in [-0.25, -0.2) is 0 Å². The van der Waals surface area contributed by atoms with Crippen LogP contribution in [-0.4, -0.2) is 19.1 Å². The monoisotopic (exact) mass is 236 g/mol. The highest BCUT2D eigenvalue weighted by Crippen LogP contribution is 2.16. The van der Waals surface area contributed by atoms with Crippen LogP contribution in [0.1, 0.15) is 25.3 Å². The van der Waals surface area contributed by atoms with Gasteiger partial charge in [0.2, 0.25) is 5.91 Å². The summed E-state index contributed by atoms with van der Waals surface area (Å²) in [5.41, 5.74) is 6.68. The van der Waals surface area contributed by atoms with Gasteiger partial charge in [0.1, 0.15) is 5.75 Å². The number of carbonyl (C=O) groups is 1. The Labute approximate surface area is 102 Å². The molecule has 1 amide bonds. The predicted octanol–water partition coefficient (Wildman–Crippen LogP) is 1.44. The topological polar surface area (TPSA) is 64.4 Å². The number of nitrogens with one attached hydrogen (secondary N) is 1. The van der Waals surface area contributed by atoms with Crippen molar-refractivity contribution in [3.05, 3.63) is 29.8 Å². The first-order chi connectivity index (χ1) is 8.17. The molecular formula is C13H20N2O2. The van der Waals surface area contributed by atoms with E-state index in [-0.39, 0.29) is 11.9 Å². The second-order valence-corrected chi connectivity index (χ2v) is 3.96. The first-order valence-electron chi connectivity index (χ1n) is 5.81. The van der Waals surface area contributed by atoms with E-state index >= 15 is 0 Å². The largest absolute Gasteiger partial charge is 0.496 e. The van der Waals surface area contributed by atoms with Gasteiger partial charge in [-0.15, -0.1) is 0 Å². The average Bonchev–Trinajstić information content (AvgIpc) is 2.36. The molecule has 0 heterocycles. The van der Waals surface area contributed by atoms with Gasteiger partial charge in [-0.05, 0) is 12.5 Å². The molecule has 4 heteroatoms. The second kappa shape index (κ2) is 6.91. The Kier molecular flexibility index (Phi) is 5.49. The molecule has 0 aliphatic carbocycles. The minimum Gasteiger partial charge on any atom is -0.496 e. The summed E-state index contributed by atoms with van der Waals surface area (Å²) in [6.07, 6.45) is 1.17. The van der Waals surface area contributed by atoms with Crippen molar-refractivity contribution >= 4 is 5.91 Å². The van der Waals surface area contributed by atoms with Crippen LogP contribution in [0.3, 0.4) is 0 Å². The fourth-order valence-electron chi connectivity index (χ4n) is 1.50. The van der Waals surface area contributed by atoms with Crippen molar-refractivity contribution in [3.8, 4) is 5.75 Å². The summed E-state index contributed by atoms with van der Waals surface area (Å²) in [4.78, 5) is 11.6. The SMILES string of the molecule is CCC(N)CC(=O)NCc1ccccc1OC. The van der Waals surface area contributed by atoms with Crippen LogP contribution in [0.5, 0.6) is 5.75 Å². The van der Waals surface area contributed by atoms with Gasteiger partial charge in [0.05, 0.1) is 7.11 Å². The zero-order valence-corrected chi connectivity index (χ0v) is 10.4. The summed E-state index contributed by atoms with van der Waals surface area (Å²) in [5, 5.41) is 2.84. The molecule has 1 aromatic carbocycles. The van der Waals surface area contributed by atoms with Crippen molar-refractivity contribution in [2.75, 3.05) is 7.11 Å². The van der Waals surface area contributed by atoms with E-state index in [1.807, 2.05) is 31.2 Å². The number of methoxy groups -OCH3 is 1. The molecule has 3 N–H and O–H groups in total. The van der Waals surface area contributed by atoms with Crippen LogP contribution < -0.4 is 15.8 Å². The van der Waals surface area contributed by atoms with E-state index in [4.69, 9.17) is 10.5 Å². The van der Waals surface area contributed by atoms with Gasteiger partial charge < -0.3 is 15.8 Å². The highest BCUT2D eigenvalue weighted by molar-refractivity contribution is 5.76. The lowest BCUT2D eigenvalue weighted by Crippen LogP contribution is -2.31. The molecule has 1 aromatic rings. The quantitative estimate of drug-likeness (QED) is 0.785. The molecule has 0 saturated carbocycles. The Morgan fingerprint density at radius 3 is 2.82 bits per heavy atom. The molecule has 0 fully saturated rings. The van der Waals surface area contributed by atoms with Gasteiger partial charge in [0.15, 0.2) is 0 Å².